The molecule has 0 amide bonds. The quantitative estimate of drug-likeness (QED) is 0.688. The van der Waals surface area contributed by atoms with E-state index in [1.54, 1.807) is 0 Å². The molecular weight excluding hydrogens is 248 g/mol. The topological polar surface area (TPSA) is 47.9 Å². The Balaban J connectivity index is 2.33. The maximum Gasteiger partial charge on any atom is 0.349 e. The Kier molecular flexibility index (Phi) is 3.44. The summed E-state index contributed by atoms with van der Waals surface area (Å²) in [6.07, 6.45) is -0.843. The lowest BCUT2D eigenvalue weighted by Crippen LogP contribution is -2.65. The molecule has 2 rings (SSSR count). The first-order chi connectivity index (χ1) is 8.08. The molecule has 2 aliphatic heterocycles. The molecule has 0 spiro atoms. The maximum absolute atomic E-state index is 10.0. The van der Waals surface area contributed by atoms with Gasteiger partial charge in [-0.2, -0.15) is 0 Å². The van der Waals surface area contributed by atoms with E-state index in [1.807, 2.05) is 0 Å². The smallest absolute Gasteiger partial charge is 0.349 e. The van der Waals surface area contributed by atoms with Gasteiger partial charge in [0, 0.05) is 10.1 Å². The van der Waals surface area contributed by atoms with Crippen LogP contribution in [0.2, 0.25) is 10.1 Å². The van der Waals surface area contributed by atoms with Gasteiger partial charge in [-0.1, -0.05) is 41.5 Å². The summed E-state index contributed by atoms with van der Waals surface area (Å²) in [4.78, 5) is 0. The van der Waals surface area contributed by atoms with Gasteiger partial charge in [0.25, 0.3) is 0 Å². The predicted molar refractivity (Wildman–Crippen MR) is 71.8 cm³/mol. The molecule has 0 aromatic carbocycles. The van der Waals surface area contributed by atoms with Crippen molar-refractivity contribution in [1.29, 1.82) is 0 Å². The van der Waals surface area contributed by atoms with Gasteiger partial charge >= 0.3 is 8.56 Å². The van der Waals surface area contributed by atoms with Crippen LogP contribution in [0, 0.1) is 0 Å². The summed E-state index contributed by atoms with van der Waals surface area (Å²) in [6.45, 7) is 13.9. The summed E-state index contributed by atoms with van der Waals surface area (Å²) in [6, 6.07) is 0. The summed E-state index contributed by atoms with van der Waals surface area (Å²) < 4.78 is 18.1. The van der Waals surface area contributed by atoms with Gasteiger partial charge in [0.1, 0.15) is 18.3 Å². The molecule has 0 saturated carbocycles. The Bertz CT molecular complexity index is 304. The fourth-order valence-corrected chi connectivity index (χ4v) is 8.28. The largest absolute Gasteiger partial charge is 0.391 e. The lowest BCUT2D eigenvalue weighted by atomic mass is 10.2. The summed E-state index contributed by atoms with van der Waals surface area (Å²) in [5.74, 6) is 0. The summed E-state index contributed by atoms with van der Waals surface area (Å²) in [7, 11) is -2.45. The van der Waals surface area contributed by atoms with E-state index in [0.29, 0.717) is 13.2 Å². The van der Waals surface area contributed by atoms with Crippen molar-refractivity contribution in [2.45, 2.75) is 69.9 Å². The minimum Gasteiger partial charge on any atom is -0.391 e. The number of aliphatic hydroxyl groups is 1. The average Bonchev–Trinajstić information content (AvgIpc) is 2.56. The highest BCUT2D eigenvalue weighted by molar-refractivity contribution is 6.73. The molecule has 2 heterocycles. The molecule has 1 N–H and O–H groups in total. The van der Waals surface area contributed by atoms with E-state index < -0.39 is 14.7 Å². The van der Waals surface area contributed by atoms with Crippen molar-refractivity contribution in [2.24, 2.45) is 0 Å². The molecule has 0 aromatic rings. The van der Waals surface area contributed by atoms with Crippen LogP contribution < -0.4 is 0 Å². The highest BCUT2D eigenvalue weighted by Crippen LogP contribution is 2.54. The zero-order chi connectivity index (χ0) is 13.8. The second-order valence-electron chi connectivity index (χ2n) is 7.45. The number of rotatable bonds is 0. The minimum absolute atomic E-state index is 0.0431. The van der Waals surface area contributed by atoms with Crippen molar-refractivity contribution in [3.05, 3.63) is 0 Å². The molecular formula is C13H26O4Si. The third kappa shape index (κ3) is 2.06. The van der Waals surface area contributed by atoms with Crippen molar-refractivity contribution in [3.8, 4) is 0 Å². The van der Waals surface area contributed by atoms with Crippen molar-refractivity contribution in [1.82, 2.24) is 0 Å². The third-order valence-corrected chi connectivity index (χ3v) is 9.08. The molecule has 2 aliphatic rings. The van der Waals surface area contributed by atoms with Crippen molar-refractivity contribution in [3.63, 3.8) is 0 Å². The van der Waals surface area contributed by atoms with Crippen LogP contribution in [-0.4, -0.2) is 45.2 Å². The number of fused-ring (bicyclic) bond motifs is 1. The van der Waals surface area contributed by atoms with E-state index in [4.69, 9.17) is 13.6 Å². The SMILES string of the molecule is CC(C)(C)[Si]1(C(C)(C)C)OC[C@@H]2OC[C@@H](O)[C@H]2O1. The fraction of sp³-hybridized carbons (Fsp3) is 1.00. The van der Waals surface area contributed by atoms with E-state index in [2.05, 4.69) is 41.5 Å². The van der Waals surface area contributed by atoms with Crippen LogP contribution >= 0.6 is 0 Å². The molecule has 0 aromatic heterocycles. The number of aliphatic hydroxyl groups excluding tert-OH is 1. The Labute approximate surface area is 111 Å². The third-order valence-electron chi connectivity index (χ3n) is 3.95. The van der Waals surface area contributed by atoms with Crippen LogP contribution in [-0.2, 0) is 13.6 Å². The average molecular weight is 274 g/mol. The zero-order valence-corrected chi connectivity index (χ0v) is 13.3. The number of hydrogen-bond donors (Lipinski definition) is 1. The van der Waals surface area contributed by atoms with Gasteiger partial charge in [-0.05, 0) is 0 Å². The highest BCUT2D eigenvalue weighted by Gasteiger charge is 2.63. The first-order valence-corrected chi connectivity index (χ1v) is 8.51. The number of ether oxygens (including phenoxy) is 1. The predicted octanol–water partition coefficient (Wildman–Crippen LogP) is 2.20. The van der Waals surface area contributed by atoms with Crippen molar-refractivity contribution >= 4 is 8.56 Å². The second kappa shape index (κ2) is 4.28. The summed E-state index contributed by atoms with van der Waals surface area (Å²) in [5.41, 5.74) is 0. The van der Waals surface area contributed by atoms with Crippen LogP contribution in [0.1, 0.15) is 41.5 Å². The molecule has 4 nitrogen and oxygen atoms in total. The molecule has 18 heavy (non-hydrogen) atoms. The summed E-state index contributed by atoms with van der Waals surface area (Å²) in [5, 5.41) is 9.92. The monoisotopic (exact) mass is 274 g/mol. The van der Waals surface area contributed by atoms with Gasteiger partial charge in [0.15, 0.2) is 0 Å². The highest BCUT2D eigenvalue weighted by atomic mass is 28.4. The van der Waals surface area contributed by atoms with Crippen LogP contribution in [0.5, 0.6) is 0 Å². The van der Waals surface area contributed by atoms with E-state index in [9.17, 15) is 5.11 Å². The van der Waals surface area contributed by atoms with Gasteiger partial charge in [-0.25, -0.2) is 0 Å². The summed E-state index contributed by atoms with van der Waals surface area (Å²) >= 11 is 0. The normalized spacial score (nSPS) is 36.5. The van der Waals surface area contributed by atoms with Gasteiger partial charge in [0.05, 0.1) is 13.2 Å². The lowest BCUT2D eigenvalue weighted by molar-refractivity contribution is -0.0672. The minimum atomic E-state index is -2.45. The van der Waals surface area contributed by atoms with Crippen molar-refractivity contribution < 1.29 is 18.7 Å². The Morgan fingerprint density at radius 3 is 2.06 bits per heavy atom. The van der Waals surface area contributed by atoms with Gasteiger partial charge in [-0.15, -0.1) is 0 Å². The van der Waals surface area contributed by atoms with Gasteiger partial charge in [-0.3, -0.25) is 0 Å². The van der Waals surface area contributed by atoms with Crippen molar-refractivity contribution in [2.75, 3.05) is 13.2 Å². The molecule has 0 radical (unpaired) electrons. The molecule has 2 saturated heterocycles. The number of hydrogen-bond acceptors (Lipinski definition) is 4. The first-order valence-electron chi connectivity index (χ1n) is 6.70. The van der Waals surface area contributed by atoms with E-state index in [0.717, 1.165) is 0 Å². The van der Waals surface area contributed by atoms with Crippen LogP contribution in [0.15, 0.2) is 0 Å². The lowest BCUT2D eigenvalue weighted by Gasteiger charge is -2.53. The van der Waals surface area contributed by atoms with Crippen LogP contribution in [0.3, 0.4) is 0 Å². The van der Waals surface area contributed by atoms with Gasteiger partial charge < -0.3 is 18.7 Å². The Morgan fingerprint density at radius 2 is 1.56 bits per heavy atom. The molecule has 106 valence electrons. The molecule has 0 bridgehead atoms. The van der Waals surface area contributed by atoms with Crippen LogP contribution in [0.4, 0.5) is 0 Å². The van der Waals surface area contributed by atoms with E-state index in [-0.39, 0.29) is 22.3 Å². The standard InChI is InChI=1S/C13H26O4Si/c1-12(2,3)18(13(4,5)6)16-8-10-11(17-18)9(14)7-15-10/h9-11,14H,7-8H2,1-6H3/t9-,10+,11-/m1/s1. The Morgan fingerprint density at radius 1 is 1.00 bits per heavy atom. The maximum atomic E-state index is 10.0. The molecule has 3 atom stereocenters. The van der Waals surface area contributed by atoms with Gasteiger partial charge in [0.2, 0.25) is 0 Å². The zero-order valence-electron chi connectivity index (χ0n) is 12.3. The van der Waals surface area contributed by atoms with E-state index >= 15 is 0 Å². The Hall–Kier alpha value is 0.0569. The molecule has 0 aliphatic carbocycles. The molecule has 0 unspecified atom stereocenters. The first kappa shape index (κ1) is 14.5. The fourth-order valence-electron chi connectivity index (χ4n) is 3.29. The molecule has 5 heteroatoms. The second-order valence-corrected chi connectivity index (χ2v) is 12.2. The van der Waals surface area contributed by atoms with E-state index in [1.165, 1.54) is 0 Å². The molecule has 2 fully saturated rings. The van der Waals surface area contributed by atoms with Crippen LogP contribution in [0.25, 0.3) is 0 Å².